The smallest absolute Gasteiger partial charge is 0.128 e. The fourth-order valence-electron chi connectivity index (χ4n) is 2.03. The lowest BCUT2D eigenvalue weighted by molar-refractivity contribution is 0.560. The van der Waals surface area contributed by atoms with Crippen LogP contribution in [0, 0.1) is 12.7 Å². The molecular weight excluding hydrogens is 309 g/mol. The number of hydrogen-bond acceptors (Lipinski definition) is 3. The van der Waals surface area contributed by atoms with E-state index in [-0.39, 0.29) is 5.82 Å². The predicted octanol–water partition coefficient (Wildman–Crippen LogP) is 3.03. The Bertz CT molecular complexity index is 550. The van der Waals surface area contributed by atoms with Crippen molar-refractivity contribution in [3.63, 3.8) is 0 Å². The summed E-state index contributed by atoms with van der Waals surface area (Å²) in [5.74, 6) is 5.28. The third-order valence-corrected chi connectivity index (χ3v) is 3.48. The van der Waals surface area contributed by atoms with E-state index in [9.17, 15) is 4.39 Å². The molecule has 2 aromatic rings. The molecule has 0 aliphatic carbocycles. The van der Waals surface area contributed by atoms with Gasteiger partial charge in [-0.3, -0.25) is 5.84 Å². The van der Waals surface area contributed by atoms with E-state index in [1.807, 2.05) is 19.1 Å². The van der Waals surface area contributed by atoms with Crippen molar-refractivity contribution in [1.29, 1.82) is 0 Å². The quantitative estimate of drug-likeness (QED) is 0.462. The number of benzene rings is 2. The minimum atomic E-state index is -0.489. The Kier molecular flexibility index (Phi) is 4.19. The molecule has 0 amide bonds. The Hall–Kier alpha value is -1.43. The molecule has 2 rings (SSSR count). The molecule has 19 heavy (non-hydrogen) atoms. The van der Waals surface area contributed by atoms with E-state index in [0.29, 0.717) is 11.3 Å². The maximum absolute atomic E-state index is 14.0. The lowest BCUT2D eigenvalue weighted by Gasteiger charge is -2.20. The largest absolute Gasteiger partial charge is 0.398 e. The Morgan fingerprint density at radius 3 is 2.58 bits per heavy atom. The van der Waals surface area contributed by atoms with Crippen LogP contribution in [0.4, 0.5) is 10.1 Å². The summed E-state index contributed by atoms with van der Waals surface area (Å²) in [6.07, 6.45) is 0. The minimum absolute atomic E-state index is 0.312. The molecule has 3 nitrogen and oxygen atoms in total. The number of halogens is 2. The molecule has 5 N–H and O–H groups in total. The van der Waals surface area contributed by atoms with Gasteiger partial charge in [0.05, 0.1) is 6.04 Å². The van der Waals surface area contributed by atoms with E-state index in [4.69, 9.17) is 11.6 Å². The molecule has 0 heterocycles. The summed E-state index contributed by atoms with van der Waals surface area (Å²) in [5.41, 5.74) is 11.3. The van der Waals surface area contributed by atoms with Crippen LogP contribution in [0.15, 0.2) is 40.9 Å². The highest BCUT2D eigenvalue weighted by Gasteiger charge is 2.19. The topological polar surface area (TPSA) is 64.1 Å². The van der Waals surface area contributed by atoms with Crippen LogP contribution in [0.5, 0.6) is 0 Å². The first kappa shape index (κ1) is 14.0. The van der Waals surface area contributed by atoms with E-state index in [2.05, 4.69) is 21.4 Å². The van der Waals surface area contributed by atoms with Gasteiger partial charge in [-0.2, -0.15) is 0 Å². The van der Waals surface area contributed by atoms with E-state index in [0.717, 1.165) is 15.6 Å². The van der Waals surface area contributed by atoms with Crippen LogP contribution in [0.1, 0.15) is 22.7 Å². The molecule has 0 aromatic heterocycles. The lowest BCUT2D eigenvalue weighted by atomic mass is 9.96. The highest BCUT2D eigenvalue weighted by atomic mass is 79.9. The van der Waals surface area contributed by atoms with Crippen LogP contribution in [0.2, 0.25) is 0 Å². The molecule has 0 aliphatic heterocycles. The summed E-state index contributed by atoms with van der Waals surface area (Å²) in [7, 11) is 0. The van der Waals surface area contributed by atoms with Crippen molar-refractivity contribution in [2.24, 2.45) is 5.84 Å². The molecule has 0 saturated carbocycles. The first-order valence-corrected chi connectivity index (χ1v) is 6.59. The molecule has 0 spiro atoms. The maximum Gasteiger partial charge on any atom is 0.128 e. The van der Waals surface area contributed by atoms with E-state index in [1.54, 1.807) is 18.2 Å². The van der Waals surface area contributed by atoms with Crippen molar-refractivity contribution in [3.05, 3.63) is 63.4 Å². The number of nitrogens with two attached hydrogens (primary N) is 2. The number of nitrogens with one attached hydrogen (secondary N) is 1. The fourth-order valence-corrected chi connectivity index (χ4v) is 2.41. The summed E-state index contributed by atoms with van der Waals surface area (Å²) in [5, 5.41) is 0. The molecule has 0 bridgehead atoms. The Morgan fingerprint density at radius 2 is 1.89 bits per heavy atom. The summed E-state index contributed by atoms with van der Waals surface area (Å²) in [6, 6.07) is 9.86. The van der Waals surface area contributed by atoms with Gasteiger partial charge in [-0.1, -0.05) is 33.6 Å². The lowest BCUT2D eigenvalue weighted by Crippen LogP contribution is -2.30. The normalized spacial score (nSPS) is 12.4. The standard InChI is InChI=1S/C14H15BrFN3/c1-8-2-4-12(16)10(6-8)14(19-18)11-7-9(15)3-5-13(11)17/h2-7,14,19H,17-18H2,1H3. The van der Waals surface area contributed by atoms with Crippen LogP contribution >= 0.6 is 15.9 Å². The SMILES string of the molecule is Cc1ccc(F)c(C(NN)c2cc(Br)ccc2N)c1. The number of rotatable bonds is 3. The molecular formula is C14H15BrFN3. The van der Waals surface area contributed by atoms with Crippen molar-refractivity contribution in [3.8, 4) is 0 Å². The molecule has 2 aromatic carbocycles. The molecule has 1 atom stereocenters. The van der Waals surface area contributed by atoms with Crippen molar-refractivity contribution >= 4 is 21.6 Å². The van der Waals surface area contributed by atoms with Crippen LogP contribution in [0.3, 0.4) is 0 Å². The summed E-state index contributed by atoms with van der Waals surface area (Å²) >= 11 is 3.38. The van der Waals surface area contributed by atoms with Crippen LogP contribution in [-0.4, -0.2) is 0 Å². The average molecular weight is 324 g/mol. The monoisotopic (exact) mass is 323 g/mol. The highest BCUT2D eigenvalue weighted by molar-refractivity contribution is 9.10. The highest BCUT2D eigenvalue weighted by Crippen LogP contribution is 2.30. The van der Waals surface area contributed by atoms with Gasteiger partial charge in [0.15, 0.2) is 0 Å². The number of anilines is 1. The summed E-state index contributed by atoms with van der Waals surface area (Å²) in [6.45, 7) is 1.90. The molecule has 0 aliphatic rings. The Labute approximate surface area is 119 Å². The number of hydrazine groups is 1. The first-order valence-electron chi connectivity index (χ1n) is 5.80. The van der Waals surface area contributed by atoms with Crippen molar-refractivity contribution < 1.29 is 4.39 Å². The number of nitrogen functional groups attached to an aromatic ring is 1. The molecule has 0 radical (unpaired) electrons. The third-order valence-electron chi connectivity index (χ3n) is 2.99. The van der Waals surface area contributed by atoms with Gasteiger partial charge < -0.3 is 5.73 Å². The van der Waals surface area contributed by atoms with Gasteiger partial charge in [0.25, 0.3) is 0 Å². The average Bonchev–Trinajstić information content (AvgIpc) is 2.38. The second kappa shape index (κ2) is 5.69. The maximum atomic E-state index is 14.0. The van der Waals surface area contributed by atoms with Crippen LogP contribution in [0.25, 0.3) is 0 Å². The molecule has 5 heteroatoms. The second-order valence-corrected chi connectivity index (χ2v) is 5.31. The fraction of sp³-hybridized carbons (Fsp3) is 0.143. The van der Waals surface area contributed by atoms with Gasteiger partial charge in [-0.15, -0.1) is 0 Å². The Morgan fingerprint density at radius 1 is 1.16 bits per heavy atom. The molecule has 0 saturated heterocycles. The zero-order chi connectivity index (χ0) is 14.0. The van der Waals surface area contributed by atoms with E-state index >= 15 is 0 Å². The van der Waals surface area contributed by atoms with Gasteiger partial charge in [0.2, 0.25) is 0 Å². The van der Waals surface area contributed by atoms with E-state index in [1.165, 1.54) is 6.07 Å². The zero-order valence-corrected chi connectivity index (χ0v) is 12.0. The molecule has 100 valence electrons. The van der Waals surface area contributed by atoms with Crippen molar-refractivity contribution in [2.45, 2.75) is 13.0 Å². The molecule has 1 unspecified atom stereocenters. The van der Waals surface area contributed by atoms with Gasteiger partial charge >= 0.3 is 0 Å². The van der Waals surface area contributed by atoms with Gasteiger partial charge in [-0.25, -0.2) is 9.82 Å². The van der Waals surface area contributed by atoms with Crippen LogP contribution in [-0.2, 0) is 0 Å². The first-order chi connectivity index (χ1) is 9.02. The molecule has 0 fully saturated rings. The number of aryl methyl sites for hydroxylation is 1. The third kappa shape index (κ3) is 2.94. The Balaban J connectivity index is 2.55. The van der Waals surface area contributed by atoms with E-state index < -0.39 is 6.04 Å². The predicted molar refractivity (Wildman–Crippen MR) is 78.9 cm³/mol. The second-order valence-electron chi connectivity index (χ2n) is 4.40. The van der Waals surface area contributed by atoms with Gasteiger partial charge in [-0.05, 0) is 36.8 Å². The summed E-state index contributed by atoms with van der Waals surface area (Å²) < 4.78 is 14.8. The van der Waals surface area contributed by atoms with Gasteiger partial charge in [0.1, 0.15) is 5.82 Å². The number of hydrogen-bond donors (Lipinski definition) is 3. The zero-order valence-electron chi connectivity index (χ0n) is 10.5. The minimum Gasteiger partial charge on any atom is -0.398 e. The van der Waals surface area contributed by atoms with Crippen molar-refractivity contribution in [2.75, 3.05) is 5.73 Å². The van der Waals surface area contributed by atoms with Crippen LogP contribution < -0.4 is 17.0 Å². The summed E-state index contributed by atoms with van der Waals surface area (Å²) in [4.78, 5) is 0. The van der Waals surface area contributed by atoms with Gasteiger partial charge in [0, 0.05) is 15.7 Å². The van der Waals surface area contributed by atoms with Crippen molar-refractivity contribution in [1.82, 2.24) is 5.43 Å².